The molecule has 0 radical (unpaired) electrons. The number of rotatable bonds is 12. The van der Waals surface area contributed by atoms with Crippen LogP contribution in [0.3, 0.4) is 0 Å². The number of β-lactam (4-membered cyclic amide) rings is 1. The highest BCUT2D eigenvalue weighted by Crippen LogP contribution is 2.41. The Morgan fingerprint density at radius 3 is 2.42 bits per heavy atom. The highest BCUT2D eigenvalue weighted by molar-refractivity contribution is 8.01. The largest absolute Gasteiger partial charge is 0.542 e. The van der Waals surface area contributed by atoms with Gasteiger partial charge in [0, 0.05) is 16.9 Å². The number of hydrogen-bond donors (Lipinski definition) is 6. The number of carbonyl (C=O) groups excluding carboxylic acids is 3. The Morgan fingerprint density at radius 1 is 1.26 bits per heavy atom. The van der Waals surface area contributed by atoms with Crippen molar-refractivity contribution in [2.24, 2.45) is 5.16 Å². The molecule has 4 rings (SSSR count). The number of aromatic nitrogens is 3. The second-order valence-corrected chi connectivity index (χ2v) is 13.3. The first-order valence-electron chi connectivity index (χ1n) is 13.6. The Bertz CT molecular complexity index is 1780. The summed E-state index contributed by atoms with van der Waals surface area (Å²) in [6.45, 7) is 6.54. The van der Waals surface area contributed by atoms with Gasteiger partial charge in [-0.2, -0.15) is 13.2 Å². The predicted octanol–water partition coefficient (Wildman–Crippen LogP) is -0.828. The molecular formula is C26H28F3N9O9S3. The van der Waals surface area contributed by atoms with Crippen LogP contribution >= 0.6 is 34.9 Å². The van der Waals surface area contributed by atoms with Gasteiger partial charge in [0.05, 0.1) is 12.6 Å². The monoisotopic (exact) mass is 763 g/mol. The number of carboxylic acid groups (broad SMARTS) is 3. The van der Waals surface area contributed by atoms with Gasteiger partial charge in [-0.25, -0.2) is 19.1 Å². The number of hydrogen-bond acceptors (Lipinski definition) is 16. The number of nitrogen functional groups attached to an aromatic ring is 3. The second kappa shape index (κ2) is 15.6. The number of amides is 2. The Kier molecular flexibility index (Phi) is 12.3. The molecule has 1 saturated heterocycles. The van der Waals surface area contributed by atoms with Crippen molar-refractivity contribution in [1.82, 2.24) is 20.2 Å². The minimum Gasteiger partial charge on any atom is -0.542 e. The van der Waals surface area contributed by atoms with Crippen molar-refractivity contribution >= 4 is 87.1 Å². The van der Waals surface area contributed by atoms with Crippen molar-refractivity contribution < 1.29 is 61.9 Å². The lowest BCUT2D eigenvalue weighted by molar-refractivity contribution is -0.713. The summed E-state index contributed by atoms with van der Waals surface area (Å²) in [5, 5.41) is 35.7. The topological polar surface area (TPSA) is 293 Å². The van der Waals surface area contributed by atoms with E-state index in [1.165, 1.54) is 48.8 Å². The first-order valence-corrected chi connectivity index (χ1v) is 16.5. The van der Waals surface area contributed by atoms with E-state index in [2.05, 4.69) is 27.0 Å². The number of halogens is 3. The molecule has 270 valence electrons. The van der Waals surface area contributed by atoms with Gasteiger partial charge in [-0.05, 0) is 31.2 Å². The molecule has 24 heteroatoms. The molecule has 0 aliphatic carbocycles. The maximum atomic E-state index is 13.2. The lowest BCUT2D eigenvalue weighted by Crippen LogP contribution is -2.71. The fourth-order valence-electron chi connectivity index (χ4n) is 3.92. The second-order valence-electron chi connectivity index (χ2n) is 10.4. The number of aliphatic carboxylic acids is 3. The lowest BCUT2D eigenvalue weighted by atomic mass is 10.0. The van der Waals surface area contributed by atoms with Crippen LogP contribution in [0.5, 0.6) is 0 Å². The number of carbonyl (C=O) groups is 5. The van der Waals surface area contributed by atoms with Crippen LogP contribution in [0, 0.1) is 0 Å². The van der Waals surface area contributed by atoms with E-state index >= 15 is 0 Å². The van der Waals surface area contributed by atoms with Gasteiger partial charge in [-0.15, -0.1) is 23.1 Å². The van der Waals surface area contributed by atoms with E-state index < -0.39 is 58.6 Å². The minimum absolute atomic E-state index is 0.0102. The smallest absolute Gasteiger partial charge is 0.430 e. The molecule has 0 aromatic carbocycles. The van der Waals surface area contributed by atoms with E-state index in [1.807, 2.05) is 0 Å². The molecule has 2 unspecified atom stereocenters. The number of oxime groups is 1. The molecule has 2 aromatic rings. The average molecular weight is 764 g/mol. The number of thiazole rings is 1. The van der Waals surface area contributed by atoms with Gasteiger partial charge in [-0.3, -0.25) is 14.5 Å². The quantitative estimate of drug-likeness (QED) is 0.0292. The summed E-state index contributed by atoms with van der Waals surface area (Å²) in [6.07, 6.45) is -3.56. The van der Waals surface area contributed by atoms with Crippen molar-refractivity contribution in [2.45, 2.75) is 48.7 Å². The standard InChI is InChI=1S/C24H27N9O7S3.C2HF3O2/c1-4-5-32-13(26)6-12(25)29-23(32)43-8-10-7-41-19-15(18(35)33(19)16(10)20(36)37)30-17(34)14(11-9-42-22(27)28-11)31-40-24(2,3)21(38)39;3-2(4,5)1(6)7/h4,6,9,15,19H,1,5,7-8H2,2-3H3,(H8,25,26,27,28,30,34,36,37,38,39);(H,6,7)/b31-14-;. The highest BCUT2D eigenvalue weighted by Gasteiger charge is 2.54. The summed E-state index contributed by atoms with van der Waals surface area (Å²) in [7, 11) is 0. The zero-order chi connectivity index (χ0) is 37.7. The zero-order valence-electron chi connectivity index (χ0n) is 25.8. The van der Waals surface area contributed by atoms with E-state index in [0.29, 0.717) is 23.1 Å². The molecule has 2 amide bonds. The van der Waals surface area contributed by atoms with Crippen molar-refractivity contribution in [3.63, 3.8) is 0 Å². The fourth-order valence-corrected chi connectivity index (χ4v) is 6.99. The molecule has 9 N–H and O–H groups in total. The Balaban J connectivity index is 0.000000872. The van der Waals surface area contributed by atoms with Crippen LogP contribution < -0.4 is 32.2 Å². The third kappa shape index (κ3) is 9.12. The van der Waals surface area contributed by atoms with E-state index in [4.69, 9.17) is 31.9 Å². The number of allylic oxidation sites excluding steroid dienone is 1. The SMILES string of the molecule is C=CC[n+]1c(N)cc(N)nc1SCC1=C(C(=O)O)N2C(=O)C(NC(=O)/C(=N\OC(C)(C)C(=O)O)c3csc(N)n3)C2SC1.O=C([O-])C(F)(F)F. The Labute approximate surface area is 292 Å². The van der Waals surface area contributed by atoms with Gasteiger partial charge < -0.3 is 47.5 Å². The maximum Gasteiger partial charge on any atom is 0.430 e. The van der Waals surface area contributed by atoms with Gasteiger partial charge in [0.1, 0.15) is 28.8 Å². The first-order chi connectivity index (χ1) is 23.2. The van der Waals surface area contributed by atoms with Crippen LogP contribution in [0.1, 0.15) is 19.5 Å². The molecule has 2 atom stereocenters. The summed E-state index contributed by atoms with van der Waals surface area (Å²) >= 11 is 3.49. The van der Waals surface area contributed by atoms with Crippen LogP contribution in [-0.4, -0.2) is 95.2 Å². The molecule has 0 spiro atoms. The average Bonchev–Trinajstić information content (AvgIpc) is 3.44. The molecule has 50 heavy (non-hydrogen) atoms. The fraction of sp³-hybridized carbons (Fsp3) is 0.346. The Hall–Kier alpha value is -5.10. The first kappa shape index (κ1) is 39.3. The number of alkyl halides is 3. The number of anilines is 3. The number of nitrogens with zero attached hydrogens (tertiary/aromatic N) is 5. The number of nitrogens with one attached hydrogen (secondary N) is 1. The highest BCUT2D eigenvalue weighted by atomic mass is 32.2. The number of thioether (sulfide) groups is 2. The van der Waals surface area contributed by atoms with Gasteiger partial charge in [0.15, 0.2) is 10.8 Å². The molecule has 2 aliphatic rings. The zero-order valence-corrected chi connectivity index (χ0v) is 28.2. The van der Waals surface area contributed by atoms with Crippen molar-refractivity contribution in [1.29, 1.82) is 0 Å². The van der Waals surface area contributed by atoms with Crippen LogP contribution in [0.4, 0.5) is 29.9 Å². The Morgan fingerprint density at radius 2 is 1.90 bits per heavy atom. The molecule has 4 heterocycles. The third-order valence-corrected chi connectivity index (χ3v) is 9.45. The summed E-state index contributed by atoms with van der Waals surface area (Å²) in [5.74, 6) is -6.20. The molecule has 1 fully saturated rings. The van der Waals surface area contributed by atoms with Gasteiger partial charge >= 0.3 is 23.3 Å². The summed E-state index contributed by atoms with van der Waals surface area (Å²) in [5.41, 5.74) is 15.7. The summed E-state index contributed by atoms with van der Waals surface area (Å²) in [4.78, 5) is 73.5. The summed E-state index contributed by atoms with van der Waals surface area (Å²) in [6, 6.07) is 0.405. The molecule has 18 nitrogen and oxygen atoms in total. The van der Waals surface area contributed by atoms with Crippen molar-refractivity contribution in [3.8, 4) is 0 Å². The van der Waals surface area contributed by atoms with Crippen LogP contribution in [0.15, 0.2) is 45.7 Å². The van der Waals surface area contributed by atoms with E-state index in [0.717, 1.165) is 16.2 Å². The lowest BCUT2D eigenvalue weighted by Gasteiger charge is -2.49. The minimum atomic E-state index is -5.19. The van der Waals surface area contributed by atoms with Gasteiger partial charge in [0.2, 0.25) is 17.2 Å². The van der Waals surface area contributed by atoms with E-state index in [9.17, 15) is 42.6 Å². The molecule has 2 aromatic heterocycles. The van der Waals surface area contributed by atoms with Crippen LogP contribution in [0.2, 0.25) is 0 Å². The van der Waals surface area contributed by atoms with Crippen molar-refractivity contribution in [3.05, 3.63) is 41.1 Å². The van der Waals surface area contributed by atoms with Gasteiger partial charge in [-0.1, -0.05) is 22.8 Å². The molecule has 0 bridgehead atoms. The normalized spacial score (nSPS) is 17.5. The number of fused-ring (bicyclic) bond motifs is 1. The molecule has 0 saturated carbocycles. The van der Waals surface area contributed by atoms with E-state index in [-0.39, 0.29) is 33.8 Å². The van der Waals surface area contributed by atoms with Gasteiger partial charge in [0.25, 0.3) is 11.8 Å². The number of nitrogens with two attached hydrogens (primary N) is 3. The van der Waals surface area contributed by atoms with Crippen LogP contribution in [-0.2, 0) is 35.4 Å². The number of carboxylic acids is 3. The molecule has 2 aliphatic heterocycles. The molecular weight excluding hydrogens is 736 g/mol. The third-order valence-electron chi connectivity index (χ3n) is 6.38. The van der Waals surface area contributed by atoms with Crippen LogP contribution in [0.25, 0.3) is 0 Å². The predicted molar refractivity (Wildman–Crippen MR) is 171 cm³/mol. The van der Waals surface area contributed by atoms with E-state index in [1.54, 1.807) is 10.6 Å². The van der Waals surface area contributed by atoms with Crippen molar-refractivity contribution in [2.75, 3.05) is 28.7 Å². The summed E-state index contributed by atoms with van der Waals surface area (Å²) < 4.78 is 33.2. The maximum absolute atomic E-state index is 13.2.